The Balaban J connectivity index is 2.32. The molecule has 0 saturated heterocycles. The maximum absolute atomic E-state index is 12.2. The first-order chi connectivity index (χ1) is 8.83. The molecule has 5 heteroatoms. The molecule has 2 rings (SSSR count). The van der Waals surface area contributed by atoms with E-state index in [0.717, 1.165) is 11.3 Å². The fourth-order valence-electron chi connectivity index (χ4n) is 2.19. The second-order valence-electron chi connectivity index (χ2n) is 5.59. The van der Waals surface area contributed by atoms with Gasteiger partial charge in [-0.3, -0.25) is 4.90 Å². The predicted molar refractivity (Wildman–Crippen MR) is 73.5 cm³/mol. The van der Waals surface area contributed by atoms with Gasteiger partial charge in [-0.1, -0.05) is 6.07 Å². The van der Waals surface area contributed by atoms with Crippen molar-refractivity contribution in [1.29, 1.82) is 0 Å². The SMILES string of the molecule is COc1cccc2c1C(N)CN2C(=O)OC(C)(C)C. The van der Waals surface area contributed by atoms with Gasteiger partial charge in [0.25, 0.3) is 0 Å². The van der Waals surface area contributed by atoms with Gasteiger partial charge < -0.3 is 15.2 Å². The molecular weight excluding hydrogens is 244 g/mol. The number of fused-ring (bicyclic) bond motifs is 1. The molecule has 0 aliphatic carbocycles. The minimum absolute atomic E-state index is 0.251. The molecule has 1 atom stereocenters. The van der Waals surface area contributed by atoms with Crippen LogP contribution in [0, 0.1) is 0 Å². The van der Waals surface area contributed by atoms with Crippen LogP contribution in [0.1, 0.15) is 32.4 Å². The molecule has 1 aliphatic heterocycles. The second-order valence-corrected chi connectivity index (χ2v) is 5.59. The van der Waals surface area contributed by atoms with Crippen LogP contribution in [0.2, 0.25) is 0 Å². The third-order valence-corrected chi connectivity index (χ3v) is 2.92. The van der Waals surface area contributed by atoms with Crippen molar-refractivity contribution < 1.29 is 14.3 Å². The summed E-state index contributed by atoms with van der Waals surface area (Å²) in [6.45, 7) is 5.93. The van der Waals surface area contributed by atoms with Gasteiger partial charge in [0.15, 0.2) is 0 Å². The summed E-state index contributed by atoms with van der Waals surface area (Å²) in [6.07, 6.45) is -0.380. The highest BCUT2D eigenvalue weighted by Gasteiger charge is 2.35. The molecule has 104 valence electrons. The van der Waals surface area contributed by atoms with Crippen LogP contribution in [-0.4, -0.2) is 25.3 Å². The fraction of sp³-hybridized carbons (Fsp3) is 0.500. The van der Waals surface area contributed by atoms with Crippen molar-refractivity contribution in [3.63, 3.8) is 0 Å². The van der Waals surface area contributed by atoms with Crippen LogP contribution in [0.3, 0.4) is 0 Å². The molecular formula is C14H20N2O3. The van der Waals surface area contributed by atoms with E-state index in [1.807, 2.05) is 39.0 Å². The quantitative estimate of drug-likeness (QED) is 0.846. The molecule has 5 nitrogen and oxygen atoms in total. The molecule has 1 aromatic carbocycles. The number of nitrogens with two attached hydrogens (primary N) is 1. The smallest absolute Gasteiger partial charge is 0.414 e. The van der Waals surface area contributed by atoms with Crippen LogP contribution in [0.5, 0.6) is 5.75 Å². The average molecular weight is 264 g/mol. The summed E-state index contributed by atoms with van der Waals surface area (Å²) in [6, 6.07) is 5.29. The Kier molecular flexibility index (Phi) is 3.41. The van der Waals surface area contributed by atoms with E-state index < -0.39 is 5.60 Å². The molecule has 0 saturated carbocycles. The summed E-state index contributed by atoms with van der Waals surface area (Å²) in [5.74, 6) is 0.705. The van der Waals surface area contributed by atoms with E-state index in [4.69, 9.17) is 15.2 Å². The lowest BCUT2D eigenvalue weighted by molar-refractivity contribution is 0.0582. The number of methoxy groups -OCH3 is 1. The fourth-order valence-corrected chi connectivity index (χ4v) is 2.19. The zero-order chi connectivity index (χ0) is 14.2. The number of carbonyl (C=O) groups is 1. The normalized spacial score (nSPS) is 18.2. The van der Waals surface area contributed by atoms with E-state index in [1.165, 1.54) is 0 Å². The Morgan fingerprint density at radius 1 is 1.42 bits per heavy atom. The topological polar surface area (TPSA) is 64.8 Å². The molecule has 0 spiro atoms. The standard InChI is InChI=1S/C14H20N2O3/c1-14(2,3)19-13(17)16-8-9(15)12-10(16)6-5-7-11(12)18-4/h5-7,9H,8,15H2,1-4H3. The van der Waals surface area contributed by atoms with Crippen molar-refractivity contribution in [2.45, 2.75) is 32.4 Å². The Hall–Kier alpha value is -1.75. The Labute approximate surface area is 113 Å². The van der Waals surface area contributed by atoms with Gasteiger partial charge in [-0.15, -0.1) is 0 Å². The molecule has 2 N–H and O–H groups in total. The molecule has 1 unspecified atom stereocenters. The summed E-state index contributed by atoms with van der Waals surface area (Å²) >= 11 is 0. The number of hydrogen-bond acceptors (Lipinski definition) is 4. The van der Waals surface area contributed by atoms with Crippen LogP contribution >= 0.6 is 0 Å². The number of benzene rings is 1. The van der Waals surface area contributed by atoms with E-state index in [2.05, 4.69) is 0 Å². The molecule has 1 heterocycles. The molecule has 0 aromatic heterocycles. The minimum Gasteiger partial charge on any atom is -0.496 e. The largest absolute Gasteiger partial charge is 0.496 e. The van der Waals surface area contributed by atoms with Crippen molar-refractivity contribution in [1.82, 2.24) is 0 Å². The van der Waals surface area contributed by atoms with Crippen molar-refractivity contribution in [3.05, 3.63) is 23.8 Å². The summed E-state index contributed by atoms with van der Waals surface area (Å²) in [4.78, 5) is 13.7. The number of carbonyl (C=O) groups excluding carboxylic acids is 1. The number of anilines is 1. The lowest BCUT2D eigenvalue weighted by atomic mass is 10.1. The van der Waals surface area contributed by atoms with Crippen LogP contribution in [0.4, 0.5) is 10.5 Å². The first-order valence-corrected chi connectivity index (χ1v) is 6.26. The molecule has 0 fully saturated rings. The van der Waals surface area contributed by atoms with Gasteiger partial charge in [0.1, 0.15) is 11.4 Å². The molecule has 1 amide bonds. The van der Waals surface area contributed by atoms with E-state index in [1.54, 1.807) is 12.0 Å². The predicted octanol–water partition coefficient (Wildman–Crippen LogP) is 2.45. The summed E-state index contributed by atoms with van der Waals surface area (Å²) < 4.78 is 10.7. The van der Waals surface area contributed by atoms with Crippen molar-refractivity contribution in [2.75, 3.05) is 18.6 Å². The van der Waals surface area contributed by atoms with E-state index in [9.17, 15) is 4.79 Å². The van der Waals surface area contributed by atoms with E-state index in [-0.39, 0.29) is 12.1 Å². The molecule has 0 radical (unpaired) electrons. The summed E-state index contributed by atoms with van der Waals surface area (Å²) in [5.41, 5.74) is 7.18. The third kappa shape index (κ3) is 2.66. The minimum atomic E-state index is -0.525. The third-order valence-electron chi connectivity index (χ3n) is 2.92. The van der Waals surface area contributed by atoms with Gasteiger partial charge in [0.2, 0.25) is 0 Å². The Bertz CT molecular complexity index is 494. The van der Waals surface area contributed by atoms with Crippen LogP contribution < -0.4 is 15.4 Å². The highest BCUT2D eigenvalue weighted by Crippen LogP contribution is 2.40. The number of nitrogens with zero attached hydrogens (tertiary/aromatic N) is 1. The summed E-state index contributed by atoms with van der Waals surface area (Å²) in [7, 11) is 1.60. The van der Waals surface area contributed by atoms with Crippen LogP contribution in [0.25, 0.3) is 0 Å². The Morgan fingerprint density at radius 2 is 2.11 bits per heavy atom. The van der Waals surface area contributed by atoms with Crippen LogP contribution in [-0.2, 0) is 4.74 Å². The number of hydrogen-bond donors (Lipinski definition) is 1. The lowest BCUT2D eigenvalue weighted by Gasteiger charge is -2.24. The lowest BCUT2D eigenvalue weighted by Crippen LogP contribution is -2.36. The van der Waals surface area contributed by atoms with Gasteiger partial charge in [-0.25, -0.2) is 4.79 Å². The Morgan fingerprint density at radius 3 is 2.68 bits per heavy atom. The summed E-state index contributed by atoms with van der Waals surface area (Å²) in [5, 5.41) is 0. The highest BCUT2D eigenvalue weighted by molar-refractivity contribution is 5.91. The number of rotatable bonds is 1. The first kappa shape index (κ1) is 13.7. The number of amides is 1. The van der Waals surface area contributed by atoms with Gasteiger partial charge in [-0.2, -0.15) is 0 Å². The van der Waals surface area contributed by atoms with Crippen molar-refractivity contribution >= 4 is 11.8 Å². The maximum atomic E-state index is 12.2. The molecule has 1 aromatic rings. The number of ether oxygens (including phenoxy) is 2. The monoisotopic (exact) mass is 264 g/mol. The van der Waals surface area contributed by atoms with Gasteiger partial charge in [0.05, 0.1) is 18.8 Å². The zero-order valence-corrected chi connectivity index (χ0v) is 11.8. The van der Waals surface area contributed by atoms with Gasteiger partial charge in [0, 0.05) is 12.1 Å². The van der Waals surface area contributed by atoms with Crippen molar-refractivity contribution in [2.24, 2.45) is 5.73 Å². The first-order valence-electron chi connectivity index (χ1n) is 6.26. The maximum Gasteiger partial charge on any atom is 0.414 e. The molecule has 1 aliphatic rings. The van der Waals surface area contributed by atoms with Gasteiger partial charge >= 0.3 is 6.09 Å². The highest BCUT2D eigenvalue weighted by atomic mass is 16.6. The van der Waals surface area contributed by atoms with E-state index in [0.29, 0.717) is 12.3 Å². The van der Waals surface area contributed by atoms with Crippen molar-refractivity contribution in [3.8, 4) is 5.75 Å². The molecule has 19 heavy (non-hydrogen) atoms. The molecule has 0 bridgehead atoms. The van der Waals surface area contributed by atoms with Crippen LogP contribution in [0.15, 0.2) is 18.2 Å². The van der Waals surface area contributed by atoms with E-state index >= 15 is 0 Å². The average Bonchev–Trinajstić information content (AvgIpc) is 2.65. The van der Waals surface area contributed by atoms with Gasteiger partial charge in [-0.05, 0) is 32.9 Å². The second kappa shape index (κ2) is 4.74. The zero-order valence-electron chi connectivity index (χ0n) is 11.8.